The van der Waals surface area contributed by atoms with E-state index in [-0.39, 0.29) is 24.1 Å². The SMILES string of the molecule is CCCCCCCCC(CCCCCCCC)OC(=O)CCN(CCC(=O)OC(CCCCCCCC)CCCCCCCC)CCN1CCCC1. The number of esters is 2. The molecule has 308 valence electrons. The molecule has 0 spiro atoms. The minimum Gasteiger partial charge on any atom is -0.462 e. The predicted octanol–water partition coefficient (Wildman–Crippen LogP) is 13.0. The molecule has 6 heteroatoms. The van der Waals surface area contributed by atoms with E-state index in [0.29, 0.717) is 25.9 Å². The molecule has 1 aliphatic heterocycles. The second-order valence-corrected chi connectivity index (χ2v) is 16.3. The van der Waals surface area contributed by atoms with Crippen LogP contribution in [-0.4, -0.2) is 73.2 Å². The lowest BCUT2D eigenvalue weighted by molar-refractivity contribution is -0.150. The van der Waals surface area contributed by atoms with Gasteiger partial charge in [0.2, 0.25) is 0 Å². The van der Waals surface area contributed by atoms with E-state index in [1.807, 2.05) is 0 Å². The van der Waals surface area contributed by atoms with Gasteiger partial charge in [0.1, 0.15) is 12.2 Å². The van der Waals surface area contributed by atoms with Crippen molar-refractivity contribution in [3.8, 4) is 0 Å². The lowest BCUT2D eigenvalue weighted by atomic mass is 10.0. The third kappa shape index (κ3) is 30.2. The van der Waals surface area contributed by atoms with E-state index in [4.69, 9.17) is 9.47 Å². The Morgan fingerprint density at radius 3 is 1.10 bits per heavy atom. The molecule has 0 saturated carbocycles. The topological polar surface area (TPSA) is 59.1 Å². The fraction of sp³-hybridized carbons (Fsp3) is 0.957. The minimum atomic E-state index is -0.0614. The van der Waals surface area contributed by atoms with Crippen LogP contribution < -0.4 is 0 Å². The summed E-state index contributed by atoms with van der Waals surface area (Å²) in [6.45, 7) is 14.6. The van der Waals surface area contributed by atoms with Gasteiger partial charge in [-0.15, -0.1) is 0 Å². The molecule has 0 aromatic rings. The zero-order valence-electron chi connectivity index (χ0n) is 35.6. The molecular weight excluding hydrogens is 645 g/mol. The zero-order valence-corrected chi connectivity index (χ0v) is 35.6. The van der Waals surface area contributed by atoms with Crippen LogP contribution in [0.25, 0.3) is 0 Å². The van der Waals surface area contributed by atoms with Crippen LogP contribution in [0.5, 0.6) is 0 Å². The Morgan fingerprint density at radius 2 is 0.769 bits per heavy atom. The molecule has 0 bridgehead atoms. The maximum Gasteiger partial charge on any atom is 0.307 e. The van der Waals surface area contributed by atoms with Crippen molar-refractivity contribution in [3.63, 3.8) is 0 Å². The first kappa shape index (κ1) is 48.9. The van der Waals surface area contributed by atoms with Crippen LogP contribution >= 0.6 is 0 Å². The van der Waals surface area contributed by atoms with Crippen molar-refractivity contribution >= 4 is 11.9 Å². The Bertz CT molecular complexity index is 700. The molecular formula is C46H90N2O4. The highest BCUT2D eigenvalue weighted by Gasteiger charge is 2.20. The van der Waals surface area contributed by atoms with E-state index in [0.717, 1.165) is 77.5 Å². The molecule has 1 fully saturated rings. The number of nitrogens with zero attached hydrogens (tertiary/aromatic N) is 2. The Balaban J connectivity index is 2.67. The molecule has 0 aromatic heterocycles. The summed E-state index contributed by atoms with van der Waals surface area (Å²) in [5.41, 5.74) is 0. The maximum absolute atomic E-state index is 13.3. The van der Waals surface area contributed by atoms with E-state index in [1.54, 1.807) is 0 Å². The molecule has 1 heterocycles. The van der Waals surface area contributed by atoms with Crippen molar-refractivity contribution in [2.24, 2.45) is 0 Å². The Kier molecular flexibility index (Phi) is 34.6. The Labute approximate surface area is 324 Å². The van der Waals surface area contributed by atoms with Crippen LogP contribution in [-0.2, 0) is 19.1 Å². The number of likely N-dealkylation sites (tertiary alicyclic amines) is 1. The molecule has 0 aliphatic carbocycles. The molecule has 0 amide bonds. The number of rotatable bonds is 39. The number of carbonyl (C=O) groups is 2. The first-order chi connectivity index (χ1) is 25.5. The lowest BCUT2D eigenvalue weighted by Gasteiger charge is -2.26. The van der Waals surface area contributed by atoms with Gasteiger partial charge in [-0.2, -0.15) is 0 Å². The van der Waals surface area contributed by atoms with Gasteiger partial charge in [0.25, 0.3) is 0 Å². The van der Waals surface area contributed by atoms with Gasteiger partial charge < -0.3 is 19.3 Å². The molecule has 1 aliphatic rings. The van der Waals surface area contributed by atoms with Crippen LogP contribution in [0.4, 0.5) is 0 Å². The second-order valence-electron chi connectivity index (χ2n) is 16.3. The van der Waals surface area contributed by atoms with Gasteiger partial charge in [-0.25, -0.2) is 0 Å². The van der Waals surface area contributed by atoms with E-state index in [9.17, 15) is 9.59 Å². The molecule has 1 rings (SSSR count). The molecule has 0 unspecified atom stereocenters. The first-order valence-corrected chi connectivity index (χ1v) is 23.4. The minimum absolute atomic E-state index is 0.0492. The molecule has 0 radical (unpaired) electrons. The monoisotopic (exact) mass is 735 g/mol. The van der Waals surface area contributed by atoms with Gasteiger partial charge in [-0.05, 0) is 77.3 Å². The van der Waals surface area contributed by atoms with Crippen LogP contribution in [0.1, 0.15) is 233 Å². The van der Waals surface area contributed by atoms with Gasteiger partial charge in [0.05, 0.1) is 12.8 Å². The van der Waals surface area contributed by atoms with Gasteiger partial charge in [-0.1, -0.05) is 156 Å². The Hall–Kier alpha value is -1.14. The highest BCUT2D eigenvalue weighted by Crippen LogP contribution is 2.20. The van der Waals surface area contributed by atoms with Crippen LogP contribution in [0.15, 0.2) is 0 Å². The van der Waals surface area contributed by atoms with E-state index in [2.05, 4.69) is 37.5 Å². The van der Waals surface area contributed by atoms with E-state index >= 15 is 0 Å². The number of hydrogen-bond donors (Lipinski definition) is 0. The summed E-state index contributed by atoms with van der Waals surface area (Å²) < 4.78 is 12.4. The van der Waals surface area contributed by atoms with E-state index < -0.39 is 0 Å². The van der Waals surface area contributed by atoms with Crippen molar-refractivity contribution in [2.75, 3.05) is 39.3 Å². The molecule has 0 atom stereocenters. The van der Waals surface area contributed by atoms with E-state index in [1.165, 1.54) is 141 Å². The van der Waals surface area contributed by atoms with Crippen molar-refractivity contribution < 1.29 is 19.1 Å². The standard InChI is InChI=1S/C46H90N2O4/c1-5-9-13-17-21-25-31-43(32-26-22-18-14-10-6-2)51-45(49)35-39-48(42-41-47-37-29-30-38-47)40-36-46(50)52-44(33-27-23-19-15-11-7-3)34-28-24-20-16-12-8-4/h43-44H,5-42H2,1-4H3. The summed E-state index contributed by atoms with van der Waals surface area (Å²) in [6.07, 6.45) is 37.8. The fourth-order valence-electron chi connectivity index (χ4n) is 7.75. The van der Waals surface area contributed by atoms with Crippen LogP contribution in [0, 0.1) is 0 Å². The van der Waals surface area contributed by atoms with Crippen molar-refractivity contribution in [1.29, 1.82) is 0 Å². The van der Waals surface area contributed by atoms with Gasteiger partial charge >= 0.3 is 11.9 Å². The molecule has 6 nitrogen and oxygen atoms in total. The zero-order chi connectivity index (χ0) is 37.7. The summed E-state index contributed by atoms with van der Waals surface area (Å²) in [5.74, 6) is -0.123. The van der Waals surface area contributed by atoms with Crippen molar-refractivity contribution in [1.82, 2.24) is 9.80 Å². The summed E-state index contributed by atoms with van der Waals surface area (Å²) in [5, 5.41) is 0. The third-order valence-corrected chi connectivity index (χ3v) is 11.3. The van der Waals surface area contributed by atoms with Gasteiger partial charge in [0.15, 0.2) is 0 Å². The molecule has 0 N–H and O–H groups in total. The number of unbranched alkanes of at least 4 members (excludes halogenated alkanes) is 20. The van der Waals surface area contributed by atoms with Crippen molar-refractivity contribution in [2.45, 2.75) is 245 Å². The van der Waals surface area contributed by atoms with Gasteiger partial charge in [0, 0.05) is 26.2 Å². The molecule has 52 heavy (non-hydrogen) atoms. The molecule has 0 aromatic carbocycles. The third-order valence-electron chi connectivity index (χ3n) is 11.3. The lowest BCUT2D eigenvalue weighted by Crippen LogP contribution is -2.37. The van der Waals surface area contributed by atoms with Crippen LogP contribution in [0.2, 0.25) is 0 Å². The average Bonchev–Trinajstić information content (AvgIpc) is 3.67. The average molecular weight is 735 g/mol. The highest BCUT2D eigenvalue weighted by atomic mass is 16.5. The quantitative estimate of drug-likeness (QED) is 0.0463. The highest BCUT2D eigenvalue weighted by molar-refractivity contribution is 5.70. The van der Waals surface area contributed by atoms with Crippen LogP contribution in [0.3, 0.4) is 0 Å². The smallest absolute Gasteiger partial charge is 0.307 e. The second kappa shape index (κ2) is 36.8. The summed E-state index contributed by atoms with van der Waals surface area (Å²) in [4.78, 5) is 31.4. The Morgan fingerprint density at radius 1 is 0.462 bits per heavy atom. The predicted molar refractivity (Wildman–Crippen MR) is 223 cm³/mol. The largest absolute Gasteiger partial charge is 0.462 e. The molecule has 1 saturated heterocycles. The summed E-state index contributed by atoms with van der Waals surface area (Å²) >= 11 is 0. The van der Waals surface area contributed by atoms with Gasteiger partial charge in [-0.3, -0.25) is 9.59 Å². The van der Waals surface area contributed by atoms with Crippen molar-refractivity contribution in [3.05, 3.63) is 0 Å². The first-order valence-electron chi connectivity index (χ1n) is 23.4. The summed E-state index contributed by atoms with van der Waals surface area (Å²) in [6, 6.07) is 0. The normalized spacial score (nSPS) is 13.6. The maximum atomic E-state index is 13.3. The number of hydrogen-bond acceptors (Lipinski definition) is 6. The number of ether oxygens (including phenoxy) is 2. The number of carbonyl (C=O) groups excluding carboxylic acids is 2. The fourth-order valence-corrected chi connectivity index (χ4v) is 7.75. The summed E-state index contributed by atoms with van der Waals surface area (Å²) in [7, 11) is 0.